The number of carbonyl (C=O) groups excluding carboxylic acids is 2. The highest BCUT2D eigenvalue weighted by molar-refractivity contribution is 6.30. The molecule has 3 rings (SSSR count). The summed E-state index contributed by atoms with van der Waals surface area (Å²) in [4.78, 5) is 28.4. The van der Waals surface area contributed by atoms with Crippen LogP contribution in [0.4, 0.5) is 5.82 Å². The number of aromatic nitrogens is 1. The van der Waals surface area contributed by atoms with Gasteiger partial charge in [-0.25, -0.2) is 9.78 Å². The zero-order valence-corrected chi connectivity index (χ0v) is 14.7. The van der Waals surface area contributed by atoms with Gasteiger partial charge in [-0.1, -0.05) is 17.7 Å². The molecule has 1 aromatic heterocycles. The predicted octanol–water partition coefficient (Wildman–Crippen LogP) is 3.80. The van der Waals surface area contributed by atoms with Gasteiger partial charge in [0.1, 0.15) is 5.82 Å². The van der Waals surface area contributed by atoms with E-state index >= 15 is 0 Å². The first-order valence-corrected chi connectivity index (χ1v) is 8.66. The SMILES string of the molecule is C[C@@H](OC(=O)c1ccc2c(c1)CCCC2)C(=O)Nc1ccc(Cl)cn1. The van der Waals surface area contributed by atoms with Crippen molar-refractivity contribution in [2.75, 3.05) is 5.32 Å². The van der Waals surface area contributed by atoms with Crippen molar-refractivity contribution in [3.63, 3.8) is 0 Å². The summed E-state index contributed by atoms with van der Waals surface area (Å²) in [6.45, 7) is 1.53. The van der Waals surface area contributed by atoms with Crippen molar-refractivity contribution in [2.45, 2.75) is 38.7 Å². The molecule has 0 saturated heterocycles. The molecule has 0 spiro atoms. The lowest BCUT2D eigenvalue weighted by Gasteiger charge is -2.17. The molecule has 2 aromatic rings. The van der Waals surface area contributed by atoms with Crippen molar-refractivity contribution in [1.29, 1.82) is 0 Å². The molecule has 0 saturated carbocycles. The maximum absolute atomic E-state index is 12.3. The van der Waals surface area contributed by atoms with Gasteiger partial charge < -0.3 is 10.1 Å². The number of fused-ring (bicyclic) bond motifs is 1. The van der Waals surface area contributed by atoms with Crippen molar-refractivity contribution in [3.8, 4) is 0 Å². The molecule has 0 unspecified atom stereocenters. The molecule has 0 fully saturated rings. The summed E-state index contributed by atoms with van der Waals surface area (Å²) in [5.41, 5.74) is 2.97. The molecule has 0 aliphatic heterocycles. The van der Waals surface area contributed by atoms with Crippen LogP contribution in [0.2, 0.25) is 5.02 Å². The predicted molar refractivity (Wildman–Crippen MR) is 95.8 cm³/mol. The van der Waals surface area contributed by atoms with Crippen LogP contribution in [0.15, 0.2) is 36.5 Å². The number of aryl methyl sites for hydroxylation is 2. The molecule has 6 heteroatoms. The maximum atomic E-state index is 12.3. The number of amides is 1. The quantitative estimate of drug-likeness (QED) is 0.844. The Morgan fingerprint density at radius 3 is 2.64 bits per heavy atom. The number of esters is 1. The number of rotatable bonds is 4. The van der Waals surface area contributed by atoms with Crippen LogP contribution in [-0.4, -0.2) is 23.0 Å². The number of nitrogens with one attached hydrogen (secondary N) is 1. The zero-order chi connectivity index (χ0) is 17.8. The molecule has 1 aliphatic carbocycles. The monoisotopic (exact) mass is 358 g/mol. The second-order valence-corrected chi connectivity index (χ2v) is 6.53. The van der Waals surface area contributed by atoms with Crippen LogP contribution in [0.3, 0.4) is 0 Å². The lowest BCUT2D eigenvalue weighted by Crippen LogP contribution is -2.30. The Kier molecular flexibility index (Phi) is 5.34. The van der Waals surface area contributed by atoms with Gasteiger partial charge in [0.05, 0.1) is 10.6 Å². The fraction of sp³-hybridized carbons (Fsp3) is 0.316. The van der Waals surface area contributed by atoms with Crippen molar-refractivity contribution >= 4 is 29.3 Å². The summed E-state index contributed by atoms with van der Waals surface area (Å²) >= 11 is 5.75. The Bertz CT molecular complexity index is 790. The first-order chi connectivity index (χ1) is 12.0. The van der Waals surface area contributed by atoms with Gasteiger partial charge in [0.15, 0.2) is 6.10 Å². The maximum Gasteiger partial charge on any atom is 0.338 e. The lowest BCUT2D eigenvalue weighted by atomic mass is 9.90. The van der Waals surface area contributed by atoms with Crippen LogP contribution in [0.1, 0.15) is 41.3 Å². The first kappa shape index (κ1) is 17.4. The summed E-state index contributed by atoms with van der Waals surface area (Å²) in [6.07, 6.45) is 4.86. The number of halogens is 1. The highest BCUT2D eigenvalue weighted by atomic mass is 35.5. The largest absolute Gasteiger partial charge is 0.449 e. The Morgan fingerprint density at radius 1 is 1.16 bits per heavy atom. The fourth-order valence-electron chi connectivity index (χ4n) is 2.82. The van der Waals surface area contributed by atoms with E-state index in [0.717, 1.165) is 19.3 Å². The van der Waals surface area contributed by atoms with Crippen LogP contribution in [0.25, 0.3) is 0 Å². The number of hydrogen-bond donors (Lipinski definition) is 1. The van der Waals surface area contributed by atoms with Gasteiger partial charge in [0.2, 0.25) is 0 Å². The third-order valence-electron chi connectivity index (χ3n) is 4.22. The highest BCUT2D eigenvalue weighted by Crippen LogP contribution is 2.22. The van der Waals surface area contributed by atoms with E-state index in [9.17, 15) is 9.59 Å². The van der Waals surface area contributed by atoms with Crippen LogP contribution in [0, 0.1) is 0 Å². The van der Waals surface area contributed by atoms with Crippen LogP contribution < -0.4 is 5.32 Å². The average molecular weight is 359 g/mol. The minimum absolute atomic E-state index is 0.353. The average Bonchev–Trinajstić information content (AvgIpc) is 2.63. The van der Waals surface area contributed by atoms with E-state index in [1.54, 1.807) is 18.2 Å². The van der Waals surface area contributed by atoms with Gasteiger partial charge >= 0.3 is 5.97 Å². The van der Waals surface area contributed by atoms with Crippen LogP contribution in [-0.2, 0) is 22.4 Å². The number of ether oxygens (including phenoxy) is 1. The van der Waals surface area contributed by atoms with Crippen molar-refractivity contribution in [1.82, 2.24) is 4.98 Å². The zero-order valence-electron chi connectivity index (χ0n) is 13.9. The number of hydrogen-bond acceptors (Lipinski definition) is 4. The van der Waals surface area contributed by atoms with Gasteiger partial charge in [0, 0.05) is 6.20 Å². The van der Waals surface area contributed by atoms with E-state index in [1.165, 1.54) is 30.7 Å². The van der Waals surface area contributed by atoms with E-state index in [0.29, 0.717) is 16.4 Å². The van der Waals surface area contributed by atoms with E-state index in [-0.39, 0.29) is 0 Å². The summed E-state index contributed by atoms with van der Waals surface area (Å²) in [5, 5.41) is 3.07. The number of benzene rings is 1. The van der Waals surface area contributed by atoms with E-state index in [4.69, 9.17) is 16.3 Å². The Hall–Kier alpha value is -2.40. The second kappa shape index (κ2) is 7.66. The summed E-state index contributed by atoms with van der Waals surface area (Å²) in [6, 6.07) is 8.82. The highest BCUT2D eigenvalue weighted by Gasteiger charge is 2.20. The standard InChI is InChI=1S/C19H19ClN2O3/c1-12(18(23)22-17-9-8-16(20)11-21-17)25-19(24)15-7-6-13-4-2-3-5-14(13)10-15/h6-12H,2-5H2,1H3,(H,21,22,23)/t12-/m1/s1. The van der Waals surface area contributed by atoms with E-state index < -0.39 is 18.0 Å². The van der Waals surface area contributed by atoms with Crippen LogP contribution in [0.5, 0.6) is 0 Å². The Morgan fingerprint density at radius 2 is 1.92 bits per heavy atom. The molecule has 1 amide bonds. The van der Waals surface area contributed by atoms with Gasteiger partial charge in [-0.3, -0.25) is 4.79 Å². The fourth-order valence-corrected chi connectivity index (χ4v) is 2.93. The minimum atomic E-state index is -0.930. The molecule has 1 aromatic carbocycles. The Labute approximate surface area is 151 Å². The molecule has 0 radical (unpaired) electrons. The summed E-state index contributed by atoms with van der Waals surface area (Å²) in [5.74, 6) is -0.590. The van der Waals surface area contributed by atoms with E-state index in [1.807, 2.05) is 12.1 Å². The molecule has 0 bridgehead atoms. The molecule has 1 atom stereocenters. The number of anilines is 1. The second-order valence-electron chi connectivity index (χ2n) is 6.09. The molecule has 1 aliphatic rings. The van der Waals surface area contributed by atoms with Crippen LogP contribution >= 0.6 is 11.6 Å². The number of nitrogens with zero attached hydrogens (tertiary/aromatic N) is 1. The molecular formula is C19H19ClN2O3. The third-order valence-corrected chi connectivity index (χ3v) is 4.44. The van der Waals surface area contributed by atoms with Crippen molar-refractivity contribution in [2.24, 2.45) is 0 Å². The molecule has 130 valence electrons. The molecule has 25 heavy (non-hydrogen) atoms. The first-order valence-electron chi connectivity index (χ1n) is 8.28. The van der Waals surface area contributed by atoms with E-state index in [2.05, 4.69) is 10.3 Å². The smallest absolute Gasteiger partial charge is 0.338 e. The minimum Gasteiger partial charge on any atom is -0.449 e. The topological polar surface area (TPSA) is 68.3 Å². The molecule has 1 heterocycles. The molecular weight excluding hydrogens is 340 g/mol. The van der Waals surface area contributed by atoms with Gasteiger partial charge in [0.25, 0.3) is 5.91 Å². The van der Waals surface area contributed by atoms with Gasteiger partial charge in [-0.05, 0) is 68.0 Å². The Balaban J connectivity index is 1.61. The van der Waals surface area contributed by atoms with Gasteiger partial charge in [-0.15, -0.1) is 0 Å². The number of carbonyl (C=O) groups is 2. The third kappa shape index (κ3) is 4.37. The van der Waals surface area contributed by atoms with Crippen molar-refractivity contribution in [3.05, 3.63) is 58.2 Å². The van der Waals surface area contributed by atoms with Crippen molar-refractivity contribution < 1.29 is 14.3 Å². The van der Waals surface area contributed by atoms with Gasteiger partial charge in [-0.2, -0.15) is 0 Å². The molecule has 1 N–H and O–H groups in total. The summed E-state index contributed by atoms with van der Waals surface area (Å²) < 4.78 is 5.28. The normalized spacial score (nSPS) is 14.3. The summed E-state index contributed by atoms with van der Waals surface area (Å²) in [7, 11) is 0. The molecule has 5 nitrogen and oxygen atoms in total. The lowest BCUT2D eigenvalue weighted by molar-refractivity contribution is -0.123. The number of pyridine rings is 1.